The third kappa shape index (κ3) is 3.50. The number of ether oxygens (including phenoxy) is 1. The fourth-order valence-electron chi connectivity index (χ4n) is 3.35. The number of carbonyl (C=O) groups excluding carboxylic acids is 1. The normalized spacial score (nSPS) is 22.3. The van der Waals surface area contributed by atoms with E-state index in [1.54, 1.807) is 0 Å². The predicted molar refractivity (Wildman–Crippen MR) is 82.7 cm³/mol. The first-order valence-corrected chi connectivity index (χ1v) is 9.44. The zero-order valence-corrected chi connectivity index (χ0v) is 13.3. The molecule has 0 saturated heterocycles. The van der Waals surface area contributed by atoms with Gasteiger partial charge in [-0.05, 0) is 36.3 Å². The van der Waals surface area contributed by atoms with Crippen LogP contribution in [-0.4, -0.2) is 26.7 Å². The minimum absolute atomic E-state index is 0.0348. The number of nitrogens with one attached hydrogen (secondary N) is 1. The Kier molecular flexibility index (Phi) is 4.49. The maximum atomic E-state index is 12.3. The molecule has 1 saturated carbocycles. The molecule has 1 aromatic carbocycles. The first-order valence-electron chi connectivity index (χ1n) is 7.79. The summed E-state index contributed by atoms with van der Waals surface area (Å²) in [5.74, 6) is -0.373. The molecule has 1 amide bonds. The summed E-state index contributed by atoms with van der Waals surface area (Å²) in [6.07, 6.45) is 3.92. The minimum Gasteiger partial charge on any atom is -0.363 e. The molecule has 0 bridgehead atoms. The maximum Gasteiger partial charge on any atom is 0.267 e. The Bertz CT molecular complexity index is 650. The highest BCUT2D eigenvalue weighted by atomic mass is 32.2. The van der Waals surface area contributed by atoms with Crippen LogP contribution in [0.1, 0.15) is 42.9 Å². The van der Waals surface area contributed by atoms with Crippen LogP contribution in [0.3, 0.4) is 0 Å². The van der Waals surface area contributed by atoms with Crippen LogP contribution in [0, 0.1) is 5.92 Å². The Morgan fingerprint density at radius 2 is 1.95 bits per heavy atom. The summed E-state index contributed by atoms with van der Waals surface area (Å²) in [6, 6.07) is 7.52. The summed E-state index contributed by atoms with van der Waals surface area (Å²) in [5, 5.41) is 0. The molecular formula is C16H21NO4S. The van der Waals surface area contributed by atoms with Crippen LogP contribution < -0.4 is 4.72 Å². The molecule has 0 spiro atoms. The number of sulfonamides is 1. The van der Waals surface area contributed by atoms with Crippen LogP contribution in [0.25, 0.3) is 0 Å². The van der Waals surface area contributed by atoms with E-state index in [9.17, 15) is 13.2 Å². The average molecular weight is 323 g/mol. The summed E-state index contributed by atoms with van der Waals surface area (Å²) >= 11 is 0. The van der Waals surface area contributed by atoms with Crippen LogP contribution in [0.4, 0.5) is 0 Å². The molecule has 0 radical (unpaired) electrons. The van der Waals surface area contributed by atoms with Gasteiger partial charge in [0.1, 0.15) is 0 Å². The smallest absolute Gasteiger partial charge is 0.267 e. The van der Waals surface area contributed by atoms with Gasteiger partial charge in [-0.2, -0.15) is 0 Å². The Labute approximate surface area is 131 Å². The molecule has 1 aliphatic heterocycles. The Morgan fingerprint density at radius 3 is 2.73 bits per heavy atom. The minimum atomic E-state index is -3.60. The van der Waals surface area contributed by atoms with Crippen molar-refractivity contribution in [2.45, 2.75) is 38.2 Å². The van der Waals surface area contributed by atoms with Gasteiger partial charge in [0.2, 0.25) is 10.0 Å². The Hall–Kier alpha value is -1.40. The molecule has 1 atom stereocenters. The number of fused-ring (bicyclic) bond motifs is 1. The maximum absolute atomic E-state index is 12.3. The lowest BCUT2D eigenvalue weighted by atomic mass is 9.97. The van der Waals surface area contributed by atoms with Gasteiger partial charge < -0.3 is 4.74 Å². The topological polar surface area (TPSA) is 72.5 Å². The molecule has 6 heteroatoms. The predicted octanol–water partition coefficient (Wildman–Crippen LogP) is 1.94. The first kappa shape index (κ1) is 15.5. The van der Waals surface area contributed by atoms with Gasteiger partial charge in [0.15, 0.2) is 6.10 Å². The Morgan fingerprint density at radius 1 is 1.23 bits per heavy atom. The molecule has 1 fully saturated rings. The van der Waals surface area contributed by atoms with Crippen molar-refractivity contribution in [3.05, 3.63) is 35.4 Å². The molecule has 0 unspecified atom stereocenters. The van der Waals surface area contributed by atoms with Crippen LogP contribution in [-0.2, 0) is 26.0 Å². The van der Waals surface area contributed by atoms with Crippen molar-refractivity contribution in [3.63, 3.8) is 0 Å². The summed E-state index contributed by atoms with van der Waals surface area (Å²) < 4.78 is 32.0. The second-order valence-electron chi connectivity index (χ2n) is 6.10. The SMILES string of the molecule is O=C(NS(=O)(=O)CC1CCCC1)[C@H]1OCCc2ccccc21. The molecule has 1 heterocycles. The quantitative estimate of drug-likeness (QED) is 0.919. The zero-order chi connectivity index (χ0) is 15.6. The molecule has 1 aromatic rings. The van der Waals surface area contributed by atoms with Crippen LogP contribution in [0.2, 0.25) is 0 Å². The van der Waals surface area contributed by atoms with Crippen molar-refractivity contribution < 1.29 is 17.9 Å². The van der Waals surface area contributed by atoms with Gasteiger partial charge in [-0.3, -0.25) is 9.52 Å². The second kappa shape index (κ2) is 6.38. The van der Waals surface area contributed by atoms with E-state index in [4.69, 9.17) is 4.74 Å². The van der Waals surface area contributed by atoms with E-state index in [1.165, 1.54) is 0 Å². The standard InChI is InChI=1S/C16H21NO4S/c18-16(17-22(19,20)11-12-5-1-2-6-12)15-14-8-4-3-7-13(14)9-10-21-15/h3-4,7-8,12,15H,1-2,5-6,9-11H2,(H,17,18)/t15-/m0/s1. The summed E-state index contributed by atoms with van der Waals surface area (Å²) in [6.45, 7) is 0.428. The highest BCUT2D eigenvalue weighted by Crippen LogP contribution is 2.28. The van der Waals surface area contributed by atoms with Gasteiger partial charge in [0, 0.05) is 0 Å². The molecule has 1 N–H and O–H groups in total. The van der Waals surface area contributed by atoms with Gasteiger partial charge in [-0.1, -0.05) is 37.1 Å². The van der Waals surface area contributed by atoms with Crippen LogP contribution in [0.5, 0.6) is 0 Å². The molecule has 5 nitrogen and oxygen atoms in total. The summed E-state index contributed by atoms with van der Waals surface area (Å²) in [7, 11) is -3.60. The lowest BCUT2D eigenvalue weighted by molar-refractivity contribution is -0.132. The van der Waals surface area contributed by atoms with E-state index in [0.29, 0.717) is 6.61 Å². The van der Waals surface area contributed by atoms with E-state index < -0.39 is 22.0 Å². The van der Waals surface area contributed by atoms with Crippen molar-refractivity contribution in [2.24, 2.45) is 5.92 Å². The monoisotopic (exact) mass is 323 g/mol. The van der Waals surface area contributed by atoms with Crippen molar-refractivity contribution >= 4 is 15.9 Å². The fourth-order valence-corrected chi connectivity index (χ4v) is 4.80. The Balaban J connectivity index is 1.69. The third-order valence-electron chi connectivity index (χ3n) is 4.42. The highest BCUT2D eigenvalue weighted by molar-refractivity contribution is 7.90. The molecular weight excluding hydrogens is 302 g/mol. The molecule has 120 valence electrons. The summed E-state index contributed by atoms with van der Waals surface area (Å²) in [4.78, 5) is 12.3. The van der Waals surface area contributed by atoms with E-state index in [2.05, 4.69) is 4.72 Å². The number of hydrogen-bond acceptors (Lipinski definition) is 4. The molecule has 22 heavy (non-hydrogen) atoms. The van der Waals surface area contributed by atoms with E-state index in [1.807, 2.05) is 24.3 Å². The van der Waals surface area contributed by atoms with Crippen molar-refractivity contribution in [1.82, 2.24) is 4.72 Å². The van der Waals surface area contributed by atoms with Crippen LogP contribution in [0.15, 0.2) is 24.3 Å². The van der Waals surface area contributed by atoms with Crippen molar-refractivity contribution in [3.8, 4) is 0 Å². The molecule has 0 aromatic heterocycles. The number of amides is 1. The number of rotatable bonds is 4. The number of hydrogen-bond donors (Lipinski definition) is 1. The molecule has 2 aliphatic rings. The number of carbonyl (C=O) groups is 1. The zero-order valence-electron chi connectivity index (χ0n) is 12.5. The highest BCUT2D eigenvalue weighted by Gasteiger charge is 2.31. The van der Waals surface area contributed by atoms with Gasteiger partial charge >= 0.3 is 0 Å². The van der Waals surface area contributed by atoms with Gasteiger partial charge in [0.05, 0.1) is 12.4 Å². The average Bonchev–Trinajstić information content (AvgIpc) is 2.98. The lowest BCUT2D eigenvalue weighted by Crippen LogP contribution is -2.39. The van der Waals surface area contributed by atoms with Crippen molar-refractivity contribution in [1.29, 1.82) is 0 Å². The van der Waals surface area contributed by atoms with E-state index in [0.717, 1.165) is 43.2 Å². The van der Waals surface area contributed by atoms with E-state index in [-0.39, 0.29) is 11.7 Å². The van der Waals surface area contributed by atoms with Gasteiger partial charge in [0.25, 0.3) is 5.91 Å². The largest absolute Gasteiger partial charge is 0.363 e. The third-order valence-corrected chi connectivity index (χ3v) is 5.84. The van der Waals surface area contributed by atoms with Crippen LogP contribution >= 0.6 is 0 Å². The summed E-state index contributed by atoms with van der Waals surface area (Å²) in [5.41, 5.74) is 1.81. The number of benzene rings is 1. The molecule has 3 rings (SSSR count). The van der Waals surface area contributed by atoms with Gasteiger partial charge in [-0.25, -0.2) is 8.42 Å². The lowest BCUT2D eigenvalue weighted by Gasteiger charge is -2.25. The second-order valence-corrected chi connectivity index (χ2v) is 7.86. The fraction of sp³-hybridized carbons (Fsp3) is 0.562. The van der Waals surface area contributed by atoms with Crippen molar-refractivity contribution in [2.75, 3.05) is 12.4 Å². The first-order chi connectivity index (χ1) is 10.6. The van der Waals surface area contributed by atoms with E-state index >= 15 is 0 Å². The van der Waals surface area contributed by atoms with Gasteiger partial charge in [-0.15, -0.1) is 0 Å². The molecule has 1 aliphatic carbocycles.